The fourth-order valence-corrected chi connectivity index (χ4v) is 2.99. The van der Waals surface area contributed by atoms with E-state index in [0.717, 1.165) is 18.9 Å². The number of hydrogen-bond donors (Lipinski definition) is 2. The summed E-state index contributed by atoms with van der Waals surface area (Å²) in [4.78, 5) is 7.29. The quantitative estimate of drug-likeness (QED) is 0.247. The third kappa shape index (κ3) is 10.9. The smallest absolute Gasteiger partial charge is 0.191 e. The maximum Gasteiger partial charge on any atom is 0.191 e. The molecule has 0 radical (unpaired) electrons. The number of guanidine groups is 1. The molecule has 0 aliphatic rings. The van der Waals surface area contributed by atoms with E-state index in [1.807, 2.05) is 11.3 Å². The molecular formula is C16H30IN3O2S. The number of nitrogens with zero attached hydrogens (tertiary/aromatic N) is 1. The predicted molar refractivity (Wildman–Crippen MR) is 109 cm³/mol. The number of rotatable bonds is 10. The Morgan fingerprint density at radius 3 is 2.70 bits per heavy atom. The lowest BCUT2D eigenvalue weighted by Crippen LogP contribution is -2.43. The van der Waals surface area contributed by atoms with Crippen LogP contribution >= 0.6 is 35.3 Å². The van der Waals surface area contributed by atoms with E-state index in [9.17, 15) is 0 Å². The van der Waals surface area contributed by atoms with Gasteiger partial charge in [-0.3, -0.25) is 4.99 Å². The van der Waals surface area contributed by atoms with E-state index in [0.29, 0.717) is 32.4 Å². The van der Waals surface area contributed by atoms with Crippen molar-refractivity contribution in [1.29, 1.82) is 0 Å². The van der Waals surface area contributed by atoms with Crippen molar-refractivity contribution in [2.45, 2.75) is 33.2 Å². The van der Waals surface area contributed by atoms with Gasteiger partial charge in [-0.25, -0.2) is 0 Å². The summed E-state index contributed by atoms with van der Waals surface area (Å²) in [7, 11) is 1.67. The molecule has 0 saturated carbocycles. The summed E-state index contributed by atoms with van der Waals surface area (Å²) in [5.74, 6) is 0.846. The normalized spacial score (nSPS) is 12.6. The van der Waals surface area contributed by atoms with E-state index in [2.05, 4.69) is 48.5 Å². The van der Waals surface area contributed by atoms with E-state index in [1.165, 1.54) is 9.75 Å². The molecule has 0 aromatic carbocycles. The molecule has 23 heavy (non-hydrogen) atoms. The molecular weight excluding hydrogens is 425 g/mol. The molecule has 0 saturated heterocycles. The van der Waals surface area contributed by atoms with Crippen LogP contribution in [-0.2, 0) is 15.9 Å². The van der Waals surface area contributed by atoms with Crippen LogP contribution in [-0.4, -0.2) is 52.0 Å². The van der Waals surface area contributed by atoms with Gasteiger partial charge in [0.1, 0.15) is 0 Å². The second-order valence-corrected chi connectivity index (χ2v) is 6.50. The molecule has 1 atom stereocenters. The van der Waals surface area contributed by atoms with Crippen molar-refractivity contribution in [2.24, 2.45) is 4.99 Å². The van der Waals surface area contributed by atoms with Crippen LogP contribution in [0.1, 0.15) is 23.6 Å². The highest BCUT2D eigenvalue weighted by Crippen LogP contribution is 2.16. The summed E-state index contributed by atoms with van der Waals surface area (Å²) in [6, 6.07) is 4.71. The van der Waals surface area contributed by atoms with Gasteiger partial charge in [0.15, 0.2) is 5.96 Å². The number of aliphatic imine (C=N–C) groups is 1. The first-order valence-corrected chi connectivity index (χ1v) is 8.64. The predicted octanol–water partition coefficient (Wildman–Crippen LogP) is 2.82. The summed E-state index contributed by atoms with van der Waals surface area (Å²) < 4.78 is 10.4. The minimum absolute atomic E-state index is 0. The number of aryl methyl sites for hydroxylation is 1. The van der Waals surface area contributed by atoms with Crippen molar-refractivity contribution in [2.75, 3.05) is 40.0 Å². The van der Waals surface area contributed by atoms with Crippen molar-refractivity contribution in [3.8, 4) is 0 Å². The van der Waals surface area contributed by atoms with Gasteiger partial charge in [0, 0.05) is 35.9 Å². The molecule has 1 rings (SSSR count). The molecule has 1 heterocycles. The fraction of sp³-hybridized carbons (Fsp3) is 0.688. The van der Waals surface area contributed by atoms with Crippen LogP contribution in [0.15, 0.2) is 17.1 Å². The van der Waals surface area contributed by atoms with Crippen molar-refractivity contribution in [1.82, 2.24) is 10.6 Å². The van der Waals surface area contributed by atoms with Crippen LogP contribution < -0.4 is 10.6 Å². The average Bonchev–Trinajstić information content (AvgIpc) is 2.87. The summed E-state index contributed by atoms with van der Waals surface area (Å²) in [6.07, 6.45) is 1.01. The van der Waals surface area contributed by atoms with E-state index in [-0.39, 0.29) is 24.0 Å². The third-order valence-corrected chi connectivity index (χ3v) is 3.99. The highest BCUT2D eigenvalue weighted by atomic mass is 127. The Labute approximate surface area is 161 Å². The Morgan fingerprint density at radius 2 is 2.09 bits per heavy atom. The van der Waals surface area contributed by atoms with Gasteiger partial charge in [0.2, 0.25) is 0 Å². The zero-order chi connectivity index (χ0) is 16.2. The monoisotopic (exact) mass is 455 g/mol. The maximum absolute atomic E-state index is 5.42. The Balaban J connectivity index is 0.00000484. The summed E-state index contributed by atoms with van der Waals surface area (Å²) in [5.41, 5.74) is 0. The molecule has 134 valence electrons. The highest BCUT2D eigenvalue weighted by molar-refractivity contribution is 14.0. The Hall–Kier alpha value is -0.380. The SMILES string of the molecule is CCNC(=NCCOCCOC)NC(C)Cc1ccc(C)s1.I. The topological polar surface area (TPSA) is 54.9 Å². The molecule has 1 unspecified atom stereocenters. The number of ether oxygens (including phenoxy) is 2. The average molecular weight is 455 g/mol. The van der Waals surface area contributed by atoms with Crippen molar-refractivity contribution in [3.63, 3.8) is 0 Å². The molecule has 1 aromatic heterocycles. The first kappa shape index (κ1) is 22.6. The molecule has 0 bridgehead atoms. The Bertz CT molecular complexity index is 441. The van der Waals surface area contributed by atoms with Crippen LogP contribution in [0, 0.1) is 6.92 Å². The number of halogens is 1. The van der Waals surface area contributed by atoms with E-state index < -0.39 is 0 Å². The van der Waals surface area contributed by atoms with Crippen LogP contribution in [0.3, 0.4) is 0 Å². The lowest BCUT2D eigenvalue weighted by molar-refractivity contribution is 0.0748. The minimum Gasteiger partial charge on any atom is -0.382 e. The molecule has 1 aromatic rings. The maximum atomic E-state index is 5.42. The lowest BCUT2D eigenvalue weighted by Gasteiger charge is -2.17. The van der Waals surface area contributed by atoms with Crippen molar-refractivity contribution >= 4 is 41.3 Å². The molecule has 0 aliphatic carbocycles. The molecule has 2 N–H and O–H groups in total. The molecule has 0 aliphatic heterocycles. The van der Waals surface area contributed by atoms with Gasteiger partial charge >= 0.3 is 0 Å². The van der Waals surface area contributed by atoms with E-state index in [1.54, 1.807) is 7.11 Å². The van der Waals surface area contributed by atoms with Crippen LogP contribution in [0.5, 0.6) is 0 Å². The molecule has 0 spiro atoms. The third-order valence-electron chi connectivity index (χ3n) is 2.97. The zero-order valence-corrected chi connectivity index (χ0v) is 17.7. The second-order valence-electron chi connectivity index (χ2n) is 5.13. The Kier molecular flexibility index (Phi) is 13.8. The van der Waals surface area contributed by atoms with Gasteiger partial charge in [0.25, 0.3) is 0 Å². The van der Waals surface area contributed by atoms with Gasteiger partial charge < -0.3 is 20.1 Å². The first-order valence-electron chi connectivity index (χ1n) is 7.82. The second kappa shape index (κ2) is 14.0. The molecule has 7 heteroatoms. The lowest BCUT2D eigenvalue weighted by atomic mass is 10.2. The Morgan fingerprint density at radius 1 is 1.30 bits per heavy atom. The minimum atomic E-state index is 0. The number of methoxy groups -OCH3 is 1. The number of thiophene rings is 1. The zero-order valence-electron chi connectivity index (χ0n) is 14.6. The van der Waals surface area contributed by atoms with Crippen LogP contribution in [0.4, 0.5) is 0 Å². The van der Waals surface area contributed by atoms with E-state index >= 15 is 0 Å². The number of hydrogen-bond acceptors (Lipinski definition) is 4. The molecule has 0 fully saturated rings. The number of nitrogens with one attached hydrogen (secondary N) is 2. The fourth-order valence-electron chi connectivity index (χ4n) is 1.97. The van der Waals surface area contributed by atoms with Gasteiger partial charge in [0.05, 0.1) is 26.4 Å². The molecule has 5 nitrogen and oxygen atoms in total. The summed E-state index contributed by atoms with van der Waals surface area (Å²) in [5, 5.41) is 6.71. The van der Waals surface area contributed by atoms with Gasteiger partial charge in [-0.1, -0.05) is 0 Å². The van der Waals surface area contributed by atoms with Crippen LogP contribution in [0.2, 0.25) is 0 Å². The highest BCUT2D eigenvalue weighted by Gasteiger charge is 2.07. The first-order chi connectivity index (χ1) is 10.7. The van der Waals surface area contributed by atoms with E-state index in [4.69, 9.17) is 9.47 Å². The molecule has 0 amide bonds. The van der Waals surface area contributed by atoms with Gasteiger partial charge in [-0.2, -0.15) is 0 Å². The van der Waals surface area contributed by atoms with Crippen LogP contribution in [0.25, 0.3) is 0 Å². The standard InChI is InChI=1S/C16H29N3O2S.HI/c1-5-17-16(18-8-9-21-11-10-20-4)19-13(2)12-15-7-6-14(3)22-15;/h6-7,13H,5,8-12H2,1-4H3,(H2,17,18,19);1H. The summed E-state index contributed by atoms with van der Waals surface area (Å²) in [6.45, 7) is 9.73. The summed E-state index contributed by atoms with van der Waals surface area (Å²) >= 11 is 1.85. The van der Waals surface area contributed by atoms with Crippen molar-refractivity contribution in [3.05, 3.63) is 21.9 Å². The van der Waals surface area contributed by atoms with Gasteiger partial charge in [-0.15, -0.1) is 35.3 Å². The van der Waals surface area contributed by atoms with Crippen molar-refractivity contribution < 1.29 is 9.47 Å². The largest absolute Gasteiger partial charge is 0.382 e. The van der Waals surface area contributed by atoms with Gasteiger partial charge in [-0.05, 0) is 32.9 Å².